The quantitative estimate of drug-likeness (QED) is 0.0662. The zero-order valence-corrected chi connectivity index (χ0v) is 28.6. The number of hydrogen-bond donors (Lipinski definition) is 4. The molecule has 0 aromatic heterocycles. The number of nitrogens with one attached hydrogen (secondary N) is 2. The number of nitrogens with zero attached hydrogens (tertiary/aromatic N) is 1. The van der Waals surface area contributed by atoms with Gasteiger partial charge in [-0.05, 0) is 74.4 Å². The highest BCUT2D eigenvalue weighted by Gasteiger charge is 2.68. The van der Waals surface area contributed by atoms with E-state index in [1.54, 1.807) is 0 Å². The fourth-order valence-corrected chi connectivity index (χ4v) is 8.33. The Morgan fingerprint density at radius 3 is 2.42 bits per heavy atom. The molecule has 3 saturated carbocycles. The highest BCUT2D eigenvalue weighted by atomic mass is 32.2. The molecular formula is C32H60BN5O4S. The number of unbranched alkanes of at least 4 members (excludes halogenated alkanes) is 5. The first-order chi connectivity index (χ1) is 20.4. The molecule has 4 aliphatic rings. The zero-order chi connectivity index (χ0) is 31.6. The number of carbonyl (C=O) groups is 2. The molecule has 0 aromatic carbocycles. The van der Waals surface area contributed by atoms with Crippen molar-refractivity contribution in [2.45, 2.75) is 142 Å². The van der Waals surface area contributed by atoms with Gasteiger partial charge in [-0.1, -0.05) is 66.7 Å². The van der Waals surface area contributed by atoms with Crippen molar-refractivity contribution in [3.8, 4) is 0 Å². The fraction of sp³-hybridized carbons (Fsp3) is 0.906. The third kappa shape index (κ3) is 10.0. The maximum Gasteiger partial charge on any atom is 0.481 e. The van der Waals surface area contributed by atoms with Crippen LogP contribution in [0.3, 0.4) is 0 Å². The van der Waals surface area contributed by atoms with Crippen LogP contribution in [0.2, 0.25) is 0 Å². The lowest BCUT2D eigenvalue weighted by Gasteiger charge is -2.64. The van der Waals surface area contributed by atoms with Crippen LogP contribution in [0.5, 0.6) is 0 Å². The SMILES string of the molecule is CCCCCCCCSCCC(=O)N[C@@H](CCCN=C(N)N)C(=O)N[C@@H](CC(C)C)B1O[C@@H]2C[C@@H]3C[C@@H](C3(C)C)[C@]2(C)O1. The Morgan fingerprint density at radius 1 is 1.02 bits per heavy atom. The van der Waals surface area contributed by atoms with Gasteiger partial charge in [-0.25, -0.2) is 0 Å². The van der Waals surface area contributed by atoms with Gasteiger partial charge in [0.15, 0.2) is 5.96 Å². The number of aliphatic imine (C=N–C) groups is 1. The Bertz CT molecular complexity index is 933. The van der Waals surface area contributed by atoms with E-state index in [1.807, 2.05) is 11.8 Å². The molecule has 6 atom stereocenters. The van der Waals surface area contributed by atoms with Gasteiger partial charge in [-0.3, -0.25) is 14.6 Å². The number of hydrogen-bond acceptors (Lipinski definition) is 6. The summed E-state index contributed by atoms with van der Waals surface area (Å²) in [5.74, 6) is 2.66. The molecule has 2 amide bonds. The molecule has 9 nitrogen and oxygen atoms in total. The smallest absolute Gasteiger partial charge is 0.404 e. The summed E-state index contributed by atoms with van der Waals surface area (Å²) < 4.78 is 13.3. The first kappa shape index (κ1) is 36.0. The second kappa shape index (κ2) is 16.7. The number of nitrogens with two attached hydrogens (primary N) is 2. The lowest BCUT2D eigenvalue weighted by atomic mass is 9.43. The van der Waals surface area contributed by atoms with Gasteiger partial charge in [0.2, 0.25) is 11.8 Å². The van der Waals surface area contributed by atoms with E-state index >= 15 is 0 Å². The van der Waals surface area contributed by atoms with Crippen LogP contribution in [0.15, 0.2) is 4.99 Å². The molecule has 11 heteroatoms. The summed E-state index contributed by atoms with van der Waals surface area (Å²) in [5.41, 5.74) is 10.9. The Morgan fingerprint density at radius 2 is 1.74 bits per heavy atom. The Hall–Kier alpha value is -1.46. The van der Waals surface area contributed by atoms with Crippen molar-refractivity contribution in [1.82, 2.24) is 10.6 Å². The molecule has 2 bridgehead atoms. The summed E-state index contributed by atoms with van der Waals surface area (Å²) in [6.45, 7) is 13.8. The van der Waals surface area contributed by atoms with Gasteiger partial charge in [-0.15, -0.1) is 0 Å². The first-order valence-electron chi connectivity index (χ1n) is 16.9. The minimum Gasteiger partial charge on any atom is -0.404 e. The van der Waals surface area contributed by atoms with E-state index in [4.69, 9.17) is 20.8 Å². The van der Waals surface area contributed by atoms with Gasteiger partial charge in [0, 0.05) is 18.7 Å². The molecule has 0 aromatic rings. The van der Waals surface area contributed by atoms with Gasteiger partial charge in [0.05, 0.1) is 17.6 Å². The van der Waals surface area contributed by atoms with Crippen molar-refractivity contribution in [3.63, 3.8) is 0 Å². The van der Waals surface area contributed by atoms with Crippen molar-refractivity contribution in [1.29, 1.82) is 0 Å². The Labute approximate surface area is 265 Å². The highest BCUT2D eigenvalue weighted by molar-refractivity contribution is 7.99. The highest BCUT2D eigenvalue weighted by Crippen LogP contribution is 2.65. The summed E-state index contributed by atoms with van der Waals surface area (Å²) in [5, 5.41) is 6.24. The maximum absolute atomic E-state index is 13.7. The number of guanidine groups is 1. The van der Waals surface area contributed by atoms with Gasteiger partial charge in [0.1, 0.15) is 6.04 Å². The number of carbonyl (C=O) groups excluding carboxylic acids is 2. The molecule has 1 saturated heterocycles. The molecule has 0 spiro atoms. The van der Waals surface area contributed by atoms with Crippen molar-refractivity contribution in [3.05, 3.63) is 0 Å². The van der Waals surface area contributed by atoms with Gasteiger partial charge < -0.3 is 31.4 Å². The van der Waals surface area contributed by atoms with Crippen molar-refractivity contribution >= 4 is 36.7 Å². The average molecular weight is 622 g/mol. The van der Waals surface area contributed by atoms with Crippen LogP contribution in [0, 0.1) is 23.2 Å². The van der Waals surface area contributed by atoms with Crippen LogP contribution in [0.4, 0.5) is 0 Å². The largest absolute Gasteiger partial charge is 0.481 e. The zero-order valence-electron chi connectivity index (χ0n) is 27.8. The second-order valence-electron chi connectivity index (χ2n) is 14.3. The van der Waals surface area contributed by atoms with E-state index < -0.39 is 13.2 Å². The summed E-state index contributed by atoms with van der Waals surface area (Å²) in [6.07, 6.45) is 12.0. The lowest BCUT2D eigenvalue weighted by molar-refractivity contribution is -0.199. The van der Waals surface area contributed by atoms with Gasteiger partial charge in [-0.2, -0.15) is 11.8 Å². The number of rotatable bonds is 20. The normalized spacial score (nSPS) is 26.8. The third-order valence-electron chi connectivity index (χ3n) is 10.1. The number of amides is 2. The molecule has 6 N–H and O–H groups in total. The maximum atomic E-state index is 13.7. The summed E-state index contributed by atoms with van der Waals surface area (Å²) >= 11 is 1.81. The van der Waals surface area contributed by atoms with E-state index in [0.717, 1.165) is 24.3 Å². The van der Waals surface area contributed by atoms with E-state index in [2.05, 4.69) is 57.2 Å². The molecule has 3 aliphatic carbocycles. The molecule has 1 aliphatic heterocycles. The van der Waals surface area contributed by atoms with Crippen molar-refractivity contribution in [2.24, 2.45) is 39.6 Å². The van der Waals surface area contributed by atoms with Gasteiger partial charge >= 0.3 is 7.12 Å². The standard InChI is InChI=1S/C32H60BN5O4S/c1-7-8-9-10-11-12-17-43-18-15-28(39)37-24(14-13-16-36-30(34)35)29(40)38-27(19-22(2)3)33-41-26-21-23-20-25(31(23,4)5)32(26,6)42-33/h22-27H,7-21H2,1-6H3,(H,37,39)(H,38,40)(H4,34,35,36)/t23-,24-,25-,26+,27-,32-/m0/s1. The van der Waals surface area contributed by atoms with Crippen LogP contribution >= 0.6 is 11.8 Å². The van der Waals surface area contributed by atoms with Gasteiger partial charge in [0.25, 0.3) is 0 Å². The first-order valence-corrected chi connectivity index (χ1v) is 18.1. The molecular weight excluding hydrogens is 561 g/mol. The molecule has 0 radical (unpaired) electrons. The molecule has 0 unspecified atom stereocenters. The summed E-state index contributed by atoms with van der Waals surface area (Å²) in [4.78, 5) is 30.7. The fourth-order valence-electron chi connectivity index (χ4n) is 7.39. The second-order valence-corrected chi connectivity index (χ2v) is 15.5. The predicted molar refractivity (Wildman–Crippen MR) is 179 cm³/mol. The monoisotopic (exact) mass is 621 g/mol. The van der Waals surface area contributed by atoms with Crippen molar-refractivity contribution < 1.29 is 18.9 Å². The number of thioether (sulfide) groups is 1. The summed E-state index contributed by atoms with van der Waals surface area (Å²) in [7, 11) is -0.507. The molecule has 4 fully saturated rings. The topological polar surface area (TPSA) is 141 Å². The van der Waals surface area contributed by atoms with E-state index in [1.165, 1.54) is 44.9 Å². The third-order valence-corrected chi connectivity index (χ3v) is 11.1. The van der Waals surface area contributed by atoms with E-state index in [9.17, 15) is 9.59 Å². The van der Waals surface area contributed by atoms with Crippen LogP contribution in [-0.4, -0.2) is 66.6 Å². The molecule has 43 heavy (non-hydrogen) atoms. The van der Waals surface area contributed by atoms with Crippen molar-refractivity contribution in [2.75, 3.05) is 18.1 Å². The van der Waals surface area contributed by atoms with Crippen LogP contribution in [-0.2, 0) is 18.9 Å². The van der Waals surface area contributed by atoms with Crippen LogP contribution < -0.4 is 22.1 Å². The Balaban J connectivity index is 1.56. The minimum absolute atomic E-state index is 0.0241. The molecule has 246 valence electrons. The molecule has 4 rings (SSSR count). The van der Waals surface area contributed by atoms with Crippen LogP contribution in [0.1, 0.15) is 119 Å². The minimum atomic E-state index is -0.675. The average Bonchev–Trinajstić information content (AvgIpc) is 3.30. The predicted octanol–water partition coefficient (Wildman–Crippen LogP) is 4.81. The molecule has 1 heterocycles. The van der Waals surface area contributed by atoms with Crippen LogP contribution in [0.25, 0.3) is 0 Å². The van der Waals surface area contributed by atoms with E-state index in [0.29, 0.717) is 43.6 Å². The van der Waals surface area contributed by atoms with E-state index in [-0.39, 0.29) is 40.8 Å². The summed E-state index contributed by atoms with van der Waals surface area (Å²) in [6, 6.07) is -0.675. The lowest BCUT2D eigenvalue weighted by Crippen LogP contribution is -2.65. The Kier molecular flexibility index (Phi) is 14.0.